The predicted octanol–water partition coefficient (Wildman–Crippen LogP) is 4.01. The molecule has 5 heteroatoms. The van der Waals surface area contributed by atoms with Crippen molar-refractivity contribution in [3.63, 3.8) is 0 Å². The lowest BCUT2D eigenvalue weighted by molar-refractivity contribution is 0.100. The Bertz CT molecular complexity index is 694. The van der Waals surface area contributed by atoms with Crippen LogP contribution in [0.1, 0.15) is 41.6 Å². The number of benzene rings is 2. The van der Waals surface area contributed by atoms with Crippen LogP contribution in [0.3, 0.4) is 0 Å². The molecule has 0 aromatic heterocycles. The third kappa shape index (κ3) is 6.98. The molecule has 28 heavy (non-hydrogen) atoms. The molecule has 5 nitrogen and oxygen atoms in total. The molecule has 3 rings (SSSR count). The Labute approximate surface area is 167 Å². The van der Waals surface area contributed by atoms with Gasteiger partial charge in [-0.1, -0.05) is 37.1 Å². The third-order valence-electron chi connectivity index (χ3n) is 4.88. The zero-order valence-electron chi connectivity index (χ0n) is 16.3. The summed E-state index contributed by atoms with van der Waals surface area (Å²) >= 11 is 0. The van der Waals surface area contributed by atoms with Crippen LogP contribution in [0.5, 0.6) is 11.5 Å². The maximum absolute atomic E-state index is 10.7. The second-order valence-electron chi connectivity index (χ2n) is 7.02. The van der Waals surface area contributed by atoms with E-state index in [9.17, 15) is 4.79 Å². The first-order valence-corrected chi connectivity index (χ1v) is 10.0. The van der Waals surface area contributed by atoms with Gasteiger partial charge in [-0.2, -0.15) is 0 Å². The van der Waals surface area contributed by atoms with E-state index >= 15 is 0 Å². The normalized spacial score (nSPS) is 14.1. The lowest BCUT2D eigenvalue weighted by atomic mass is 10.2. The van der Waals surface area contributed by atoms with E-state index in [0.717, 1.165) is 36.5 Å². The van der Waals surface area contributed by atoms with Gasteiger partial charge in [0.05, 0.1) is 13.2 Å². The van der Waals surface area contributed by atoms with E-state index in [2.05, 4.69) is 5.32 Å². The highest BCUT2D eigenvalue weighted by Crippen LogP contribution is 2.19. The molecule has 1 fully saturated rings. The molecule has 150 valence electrons. The summed E-state index contributed by atoms with van der Waals surface area (Å²) in [5.41, 5.74) is 1.69. The van der Waals surface area contributed by atoms with Crippen LogP contribution in [0.2, 0.25) is 0 Å². The number of aldehydes is 1. The first kappa shape index (κ1) is 20.4. The van der Waals surface area contributed by atoms with Gasteiger partial charge in [-0.25, -0.2) is 0 Å². The number of nitrogens with one attached hydrogen (secondary N) is 1. The summed E-state index contributed by atoms with van der Waals surface area (Å²) in [5, 5.41) is 3.53. The lowest BCUT2D eigenvalue weighted by Gasteiger charge is -2.12. The Morgan fingerprint density at radius 3 is 2.21 bits per heavy atom. The topological polar surface area (TPSA) is 56.8 Å². The molecule has 1 N–H and O–H groups in total. The Balaban J connectivity index is 1.26. The van der Waals surface area contributed by atoms with Crippen LogP contribution in [0, 0.1) is 0 Å². The molecule has 1 aliphatic rings. The van der Waals surface area contributed by atoms with Gasteiger partial charge in [0, 0.05) is 18.2 Å². The monoisotopic (exact) mass is 383 g/mol. The first-order chi connectivity index (χ1) is 13.8. The molecule has 0 spiro atoms. The van der Waals surface area contributed by atoms with E-state index in [1.807, 2.05) is 36.4 Å². The molecular formula is C23H29NO4. The van der Waals surface area contributed by atoms with E-state index in [0.29, 0.717) is 31.4 Å². The number of carbonyl (C=O) groups excluding carboxylic acids is 1. The molecule has 0 amide bonds. The average Bonchev–Trinajstić information content (AvgIpc) is 3.26. The largest absolute Gasteiger partial charge is 0.491 e. The molecule has 0 unspecified atom stereocenters. The molecule has 0 heterocycles. The van der Waals surface area contributed by atoms with Gasteiger partial charge in [0.1, 0.15) is 31.0 Å². The van der Waals surface area contributed by atoms with Crippen LogP contribution in [0.15, 0.2) is 48.5 Å². The van der Waals surface area contributed by atoms with Crippen LogP contribution in [0.4, 0.5) is 0 Å². The average molecular weight is 383 g/mol. The fraction of sp³-hybridized carbons (Fsp3) is 0.435. The summed E-state index contributed by atoms with van der Waals surface area (Å²) < 4.78 is 17.1. The third-order valence-corrected chi connectivity index (χ3v) is 4.88. The highest BCUT2D eigenvalue weighted by molar-refractivity contribution is 5.74. The van der Waals surface area contributed by atoms with Crippen molar-refractivity contribution in [2.75, 3.05) is 26.4 Å². The Kier molecular flexibility index (Phi) is 8.34. The second kappa shape index (κ2) is 11.5. The number of ether oxygens (including phenoxy) is 3. The minimum Gasteiger partial charge on any atom is -0.491 e. The van der Waals surface area contributed by atoms with E-state index in [1.54, 1.807) is 12.1 Å². The molecule has 0 saturated heterocycles. The standard InChI is InChI=1S/C23H29NO4/c25-17-19-5-7-20(8-6-19)18-28-23-11-9-22(10-12-23)27-16-15-26-14-13-24-21-3-1-2-4-21/h5-12,17,21,24H,1-4,13-16,18H2. The SMILES string of the molecule is O=Cc1ccc(COc2ccc(OCCOCCNC3CCCC3)cc2)cc1. The van der Waals surface area contributed by atoms with Crippen molar-refractivity contribution < 1.29 is 19.0 Å². The number of hydrogen-bond donors (Lipinski definition) is 1. The lowest BCUT2D eigenvalue weighted by Crippen LogP contribution is -2.29. The van der Waals surface area contributed by atoms with Crippen molar-refractivity contribution in [1.29, 1.82) is 0 Å². The summed E-state index contributed by atoms with van der Waals surface area (Å²) in [5.74, 6) is 1.58. The fourth-order valence-electron chi connectivity index (χ4n) is 3.28. The summed E-state index contributed by atoms with van der Waals surface area (Å²) in [6.45, 7) is 3.21. The predicted molar refractivity (Wildman–Crippen MR) is 109 cm³/mol. The van der Waals surface area contributed by atoms with Gasteiger partial charge in [0.25, 0.3) is 0 Å². The van der Waals surface area contributed by atoms with Crippen LogP contribution in [-0.2, 0) is 11.3 Å². The summed E-state index contributed by atoms with van der Waals surface area (Å²) in [6, 6.07) is 15.6. The van der Waals surface area contributed by atoms with Crippen LogP contribution in [-0.4, -0.2) is 38.7 Å². The summed E-state index contributed by atoms with van der Waals surface area (Å²) in [7, 11) is 0. The van der Waals surface area contributed by atoms with Crippen molar-refractivity contribution in [3.05, 3.63) is 59.7 Å². The molecular weight excluding hydrogens is 354 g/mol. The smallest absolute Gasteiger partial charge is 0.150 e. The Morgan fingerprint density at radius 2 is 1.54 bits per heavy atom. The maximum atomic E-state index is 10.7. The number of hydrogen-bond acceptors (Lipinski definition) is 5. The highest BCUT2D eigenvalue weighted by Gasteiger charge is 2.13. The molecule has 1 saturated carbocycles. The quantitative estimate of drug-likeness (QED) is 0.443. The van der Waals surface area contributed by atoms with E-state index in [-0.39, 0.29) is 0 Å². The van der Waals surface area contributed by atoms with Crippen LogP contribution < -0.4 is 14.8 Å². The highest BCUT2D eigenvalue weighted by atomic mass is 16.5. The van der Waals surface area contributed by atoms with E-state index in [4.69, 9.17) is 14.2 Å². The molecule has 0 aliphatic heterocycles. The van der Waals surface area contributed by atoms with Crippen molar-refractivity contribution in [1.82, 2.24) is 5.32 Å². The Morgan fingerprint density at radius 1 is 0.857 bits per heavy atom. The maximum Gasteiger partial charge on any atom is 0.150 e. The summed E-state index contributed by atoms with van der Waals surface area (Å²) in [6.07, 6.45) is 6.14. The molecule has 0 atom stereocenters. The molecule has 0 bridgehead atoms. The van der Waals surface area contributed by atoms with Gasteiger partial charge in [-0.15, -0.1) is 0 Å². The van der Waals surface area contributed by atoms with Gasteiger partial charge in [-0.3, -0.25) is 4.79 Å². The minimum atomic E-state index is 0.460. The van der Waals surface area contributed by atoms with Gasteiger partial charge >= 0.3 is 0 Å². The van der Waals surface area contributed by atoms with Gasteiger partial charge in [0.2, 0.25) is 0 Å². The second-order valence-corrected chi connectivity index (χ2v) is 7.02. The molecule has 1 aliphatic carbocycles. The van der Waals surface area contributed by atoms with Gasteiger partial charge in [0.15, 0.2) is 0 Å². The van der Waals surface area contributed by atoms with E-state index in [1.165, 1.54) is 25.7 Å². The molecule has 2 aromatic rings. The van der Waals surface area contributed by atoms with Crippen LogP contribution in [0.25, 0.3) is 0 Å². The Hall–Kier alpha value is -2.37. The van der Waals surface area contributed by atoms with Crippen molar-refractivity contribution in [2.45, 2.75) is 38.3 Å². The number of carbonyl (C=O) groups is 1. The zero-order chi connectivity index (χ0) is 19.4. The van der Waals surface area contributed by atoms with E-state index < -0.39 is 0 Å². The van der Waals surface area contributed by atoms with Gasteiger partial charge in [-0.05, 0) is 42.7 Å². The fourth-order valence-corrected chi connectivity index (χ4v) is 3.28. The minimum absolute atomic E-state index is 0.460. The summed E-state index contributed by atoms with van der Waals surface area (Å²) in [4.78, 5) is 10.7. The van der Waals surface area contributed by atoms with Gasteiger partial charge < -0.3 is 19.5 Å². The van der Waals surface area contributed by atoms with Crippen molar-refractivity contribution >= 4 is 6.29 Å². The molecule has 2 aromatic carbocycles. The number of rotatable bonds is 12. The molecule has 0 radical (unpaired) electrons. The van der Waals surface area contributed by atoms with Crippen LogP contribution >= 0.6 is 0 Å². The van der Waals surface area contributed by atoms with Crippen molar-refractivity contribution in [3.8, 4) is 11.5 Å². The zero-order valence-corrected chi connectivity index (χ0v) is 16.3. The first-order valence-electron chi connectivity index (χ1n) is 10.0. The van der Waals surface area contributed by atoms with Crippen molar-refractivity contribution in [2.24, 2.45) is 0 Å².